The lowest BCUT2D eigenvalue weighted by Gasteiger charge is -2.28. The molecule has 0 nitrogen and oxygen atoms in total. The highest BCUT2D eigenvalue weighted by molar-refractivity contribution is 6.43. The van der Waals surface area contributed by atoms with Crippen LogP contribution < -0.4 is 0 Å². The van der Waals surface area contributed by atoms with E-state index in [1.165, 1.54) is 131 Å². The molecule has 0 saturated heterocycles. The van der Waals surface area contributed by atoms with Crippen LogP contribution in [-0.4, -0.2) is 0 Å². The van der Waals surface area contributed by atoms with Crippen molar-refractivity contribution in [2.75, 3.05) is 0 Å². The molecule has 0 radical (unpaired) electrons. The van der Waals surface area contributed by atoms with Gasteiger partial charge in [0.05, 0.1) is 0 Å². The molecule has 0 bridgehead atoms. The summed E-state index contributed by atoms with van der Waals surface area (Å²) in [5, 5.41) is 21.3. The molecule has 62 heavy (non-hydrogen) atoms. The van der Waals surface area contributed by atoms with Crippen LogP contribution >= 0.6 is 0 Å². The van der Waals surface area contributed by atoms with Crippen molar-refractivity contribution in [3.05, 3.63) is 156 Å². The zero-order valence-corrected chi connectivity index (χ0v) is 38.7. The summed E-state index contributed by atoms with van der Waals surface area (Å²) < 4.78 is 0. The van der Waals surface area contributed by atoms with Crippen molar-refractivity contribution >= 4 is 86.2 Å². The van der Waals surface area contributed by atoms with Crippen molar-refractivity contribution in [1.82, 2.24) is 0 Å². The fraction of sp³-hybridized carbons (Fsp3) is 0.258. The highest BCUT2D eigenvalue weighted by atomic mass is 14.3. The van der Waals surface area contributed by atoms with Crippen LogP contribution in [-0.2, 0) is 21.7 Å². The lowest BCUT2D eigenvalue weighted by molar-refractivity contribution is 0.568. The molecule has 0 heterocycles. The highest BCUT2D eigenvalue weighted by Gasteiger charge is 2.30. The van der Waals surface area contributed by atoms with E-state index in [1.807, 2.05) is 0 Å². The number of hydrogen-bond acceptors (Lipinski definition) is 0. The van der Waals surface area contributed by atoms with Crippen molar-refractivity contribution in [3.8, 4) is 22.3 Å². The first kappa shape index (κ1) is 38.9. The van der Waals surface area contributed by atoms with Gasteiger partial charge in [0.15, 0.2) is 0 Å². The van der Waals surface area contributed by atoms with Crippen LogP contribution in [0.15, 0.2) is 133 Å². The molecule has 0 fully saturated rings. The number of benzene rings is 9. The van der Waals surface area contributed by atoms with Gasteiger partial charge in [0.2, 0.25) is 0 Å². The van der Waals surface area contributed by atoms with Gasteiger partial charge in [-0.05, 0) is 171 Å². The van der Waals surface area contributed by atoms with E-state index >= 15 is 0 Å². The summed E-state index contributed by atoms with van der Waals surface area (Å²) in [4.78, 5) is 0. The second-order valence-corrected chi connectivity index (χ2v) is 22.6. The Morgan fingerprint density at radius 2 is 0.613 bits per heavy atom. The highest BCUT2D eigenvalue weighted by Crippen LogP contribution is 2.55. The van der Waals surface area contributed by atoms with Crippen molar-refractivity contribution in [1.29, 1.82) is 0 Å². The van der Waals surface area contributed by atoms with Gasteiger partial charge in [0.25, 0.3) is 0 Å². The van der Waals surface area contributed by atoms with Crippen LogP contribution in [0.3, 0.4) is 0 Å². The van der Waals surface area contributed by atoms with Gasteiger partial charge in [0, 0.05) is 0 Å². The second kappa shape index (κ2) is 12.8. The molecule has 0 unspecified atom stereocenters. The topological polar surface area (TPSA) is 0 Å². The van der Waals surface area contributed by atoms with E-state index in [0.29, 0.717) is 0 Å². The minimum absolute atomic E-state index is 0.0368. The average molecular weight is 803 g/mol. The van der Waals surface area contributed by atoms with Crippen LogP contribution in [0.5, 0.6) is 0 Å². The molecular weight excluding hydrogens is 745 g/mol. The molecule has 11 aromatic rings. The Bertz CT molecular complexity index is 3570. The van der Waals surface area contributed by atoms with Gasteiger partial charge in [-0.2, -0.15) is 0 Å². The first-order valence-corrected chi connectivity index (χ1v) is 22.8. The molecule has 0 spiro atoms. The molecule has 0 aromatic heterocycles. The first-order chi connectivity index (χ1) is 29.3. The van der Waals surface area contributed by atoms with E-state index in [4.69, 9.17) is 0 Å². The van der Waals surface area contributed by atoms with Crippen LogP contribution in [0, 0.1) is 0 Å². The summed E-state index contributed by atoms with van der Waals surface area (Å²) >= 11 is 0. The van der Waals surface area contributed by atoms with E-state index in [-0.39, 0.29) is 21.7 Å². The third kappa shape index (κ3) is 5.71. The Morgan fingerprint density at radius 1 is 0.242 bits per heavy atom. The maximum Gasteiger partial charge on any atom is -0.000719 e. The summed E-state index contributed by atoms with van der Waals surface area (Å²) in [6.45, 7) is 28.4. The molecule has 0 heteroatoms. The van der Waals surface area contributed by atoms with Crippen LogP contribution in [0.4, 0.5) is 0 Å². The van der Waals surface area contributed by atoms with E-state index in [1.54, 1.807) is 0 Å². The third-order valence-corrected chi connectivity index (χ3v) is 14.3. The standard InChI is InChI=1S/C62H58/c1-59(2,3)39-26-37(27-40(31-39)60(4,5)6)54-50-33-48-45-22-15-19-35-20-16-23-46(53(35)45)49(48)34-51(50)55(38-28-41(61(7,8)9)32-42(29-38)62(10,11)12)58-52-30-36-18-13-14-21-43(36)44-24-17-25-47(56(44)52)57(54)58/h13-34H,1-12H3. The Kier molecular flexibility index (Phi) is 8.03. The smallest absolute Gasteiger partial charge is 0.000719 e. The summed E-state index contributed by atoms with van der Waals surface area (Å²) in [5.74, 6) is 0. The summed E-state index contributed by atoms with van der Waals surface area (Å²) in [7, 11) is 0. The molecule has 0 N–H and O–H groups in total. The Morgan fingerprint density at radius 3 is 1.08 bits per heavy atom. The van der Waals surface area contributed by atoms with E-state index in [0.717, 1.165) is 0 Å². The van der Waals surface area contributed by atoms with Gasteiger partial charge < -0.3 is 0 Å². The van der Waals surface area contributed by atoms with E-state index in [2.05, 4.69) is 217 Å². The SMILES string of the molecule is CC(C)(C)c1cc(-c2c3cc4c(cc3c(-c3cc(C(C)(C)C)cc(C(C)(C)C)c3)c3c5cc6ccccc6c6cccc(c23)c65)c2cccc3cccc4c32)cc(C(C)(C)C)c1. The number of hydrogen-bond donors (Lipinski definition) is 0. The van der Waals surface area contributed by atoms with Crippen LogP contribution in [0.25, 0.3) is 108 Å². The van der Waals surface area contributed by atoms with Gasteiger partial charge in [-0.3, -0.25) is 0 Å². The molecule has 0 aliphatic heterocycles. The lowest BCUT2D eigenvalue weighted by atomic mass is 9.76. The zero-order valence-electron chi connectivity index (χ0n) is 38.7. The van der Waals surface area contributed by atoms with Gasteiger partial charge in [-0.15, -0.1) is 0 Å². The van der Waals surface area contributed by atoms with Crippen molar-refractivity contribution in [3.63, 3.8) is 0 Å². The van der Waals surface area contributed by atoms with Gasteiger partial charge >= 0.3 is 0 Å². The Hall–Kier alpha value is -5.98. The minimum atomic E-state index is -0.0383. The zero-order chi connectivity index (χ0) is 43.4. The summed E-state index contributed by atoms with van der Waals surface area (Å²) in [5.41, 5.74) is 10.6. The molecule has 11 rings (SSSR count). The quantitative estimate of drug-likeness (QED) is 0.153. The maximum absolute atomic E-state index is 2.60. The van der Waals surface area contributed by atoms with E-state index in [9.17, 15) is 0 Å². The first-order valence-electron chi connectivity index (χ1n) is 22.8. The van der Waals surface area contributed by atoms with Crippen molar-refractivity contribution < 1.29 is 0 Å². The molecule has 11 aromatic carbocycles. The Labute approximate surface area is 367 Å². The predicted molar refractivity (Wildman–Crippen MR) is 275 cm³/mol. The molecule has 0 aliphatic carbocycles. The Balaban J connectivity index is 1.48. The predicted octanol–water partition coefficient (Wildman–Crippen LogP) is 18.3. The molecular formula is C62H58. The normalized spacial score (nSPS) is 13.5. The minimum Gasteiger partial charge on any atom is -0.0616 e. The molecule has 0 saturated carbocycles. The molecule has 0 aliphatic rings. The number of fused-ring (bicyclic) bond motifs is 9. The summed E-state index contributed by atoms with van der Waals surface area (Å²) in [6.07, 6.45) is 0. The fourth-order valence-corrected chi connectivity index (χ4v) is 10.8. The van der Waals surface area contributed by atoms with E-state index < -0.39 is 0 Å². The maximum atomic E-state index is 2.60. The largest absolute Gasteiger partial charge is 0.0616 e. The molecule has 0 atom stereocenters. The fourth-order valence-electron chi connectivity index (χ4n) is 10.8. The monoisotopic (exact) mass is 802 g/mol. The second-order valence-electron chi connectivity index (χ2n) is 22.6. The third-order valence-electron chi connectivity index (χ3n) is 14.3. The molecule has 0 amide bonds. The van der Waals surface area contributed by atoms with Crippen molar-refractivity contribution in [2.45, 2.75) is 105 Å². The average Bonchev–Trinajstić information content (AvgIpc) is 3.71. The van der Waals surface area contributed by atoms with Gasteiger partial charge in [-0.25, -0.2) is 0 Å². The van der Waals surface area contributed by atoms with Crippen LogP contribution in [0.2, 0.25) is 0 Å². The lowest BCUT2D eigenvalue weighted by Crippen LogP contribution is -2.16. The van der Waals surface area contributed by atoms with Crippen LogP contribution in [0.1, 0.15) is 105 Å². The molecule has 306 valence electrons. The number of rotatable bonds is 2. The van der Waals surface area contributed by atoms with Gasteiger partial charge in [0.1, 0.15) is 0 Å². The van der Waals surface area contributed by atoms with Gasteiger partial charge in [-0.1, -0.05) is 198 Å². The van der Waals surface area contributed by atoms with Crippen molar-refractivity contribution in [2.24, 2.45) is 0 Å². The summed E-state index contributed by atoms with van der Waals surface area (Å²) in [6, 6.07) is 52.6.